The van der Waals surface area contributed by atoms with E-state index in [0.717, 1.165) is 49.7 Å². The number of rotatable bonds is 8. The number of hydrogen-bond acceptors (Lipinski definition) is 3. The lowest BCUT2D eigenvalue weighted by molar-refractivity contribution is 0.0773. The quantitative estimate of drug-likeness (QED) is 0.492. The van der Waals surface area contributed by atoms with Crippen LogP contribution in [-0.2, 0) is 13.1 Å². The summed E-state index contributed by atoms with van der Waals surface area (Å²) in [7, 11) is 1.81. The number of hydrogen-bond donors (Lipinski definition) is 2. The third-order valence-corrected chi connectivity index (χ3v) is 6.21. The molecule has 2 aromatic rings. The van der Waals surface area contributed by atoms with Gasteiger partial charge in [-0.3, -0.25) is 14.7 Å². The molecule has 0 aromatic heterocycles. The summed E-state index contributed by atoms with van der Waals surface area (Å²) in [4.78, 5) is 21.2. The van der Waals surface area contributed by atoms with Crippen LogP contribution in [0.4, 0.5) is 0 Å². The SMILES string of the molecule is CCN(CC)C(=O)c1ccc(CNC(=NC)NC2CC(C)N(Cc3ccccc3)C2)cc1. The molecular weight excluding hydrogens is 398 g/mol. The van der Waals surface area contributed by atoms with Gasteiger partial charge >= 0.3 is 0 Å². The van der Waals surface area contributed by atoms with Crippen molar-refractivity contribution in [1.82, 2.24) is 20.4 Å². The van der Waals surface area contributed by atoms with E-state index < -0.39 is 0 Å². The minimum atomic E-state index is 0.0856. The fourth-order valence-electron chi connectivity index (χ4n) is 4.27. The number of amides is 1. The summed E-state index contributed by atoms with van der Waals surface area (Å²) in [6, 6.07) is 19.4. The van der Waals surface area contributed by atoms with Crippen molar-refractivity contribution in [3.63, 3.8) is 0 Å². The van der Waals surface area contributed by atoms with Crippen LogP contribution in [0.25, 0.3) is 0 Å². The highest BCUT2D eigenvalue weighted by molar-refractivity contribution is 5.94. The van der Waals surface area contributed by atoms with Gasteiger partial charge in [0, 0.05) is 57.4 Å². The molecule has 0 aliphatic carbocycles. The molecule has 1 fully saturated rings. The van der Waals surface area contributed by atoms with E-state index in [-0.39, 0.29) is 5.91 Å². The molecule has 2 N–H and O–H groups in total. The molecule has 1 heterocycles. The lowest BCUT2D eigenvalue weighted by atomic mass is 10.1. The van der Waals surface area contributed by atoms with Crippen LogP contribution in [0.15, 0.2) is 59.6 Å². The van der Waals surface area contributed by atoms with Gasteiger partial charge < -0.3 is 15.5 Å². The fraction of sp³-hybridized carbons (Fsp3) is 0.462. The van der Waals surface area contributed by atoms with Gasteiger partial charge in [-0.1, -0.05) is 42.5 Å². The summed E-state index contributed by atoms with van der Waals surface area (Å²) in [5, 5.41) is 6.99. The average molecular weight is 436 g/mol. The number of benzene rings is 2. The molecule has 6 heteroatoms. The number of nitrogens with one attached hydrogen (secondary N) is 2. The Kier molecular flexibility index (Phi) is 8.68. The number of carbonyl (C=O) groups is 1. The molecule has 1 amide bonds. The van der Waals surface area contributed by atoms with Gasteiger partial charge in [-0.05, 0) is 50.5 Å². The summed E-state index contributed by atoms with van der Waals surface area (Å²) in [6.45, 7) is 10.4. The Morgan fingerprint density at radius 2 is 1.75 bits per heavy atom. The zero-order chi connectivity index (χ0) is 22.9. The fourth-order valence-corrected chi connectivity index (χ4v) is 4.27. The van der Waals surface area contributed by atoms with Crippen LogP contribution in [0.1, 0.15) is 48.7 Å². The highest BCUT2D eigenvalue weighted by Crippen LogP contribution is 2.20. The van der Waals surface area contributed by atoms with Gasteiger partial charge in [-0.25, -0.2) is 0 Å². The van der Waals surface area contributed by atoms with E-state index in [4.69, 9.17) is 0 Å². The highest BCUT2D eigenvalue weighted by atomic mass is 16.2. The third-order valence-electron chi connectivity index (χ3n) is 6.21. The first-order valence-electron chi connectivity index (χ1n) is 11.7. The van der Waals surface area contributed by atoms with Gasteiger partial charge in [0.2, 0.25) is 0 Å². The Morgan fingerprint density at radius 1 is 1.06 bits per heavy atom. The van der Waals surface area contributed by atoms with Gasteiger partial charge in [-0.2, -0.15) is 0 Å². The first-order chi connectivity index (χ1) is 15.5. The van der Waals surface area contributed by atoms with Gasteiger partial charge in [0.05, 0.1) is 0 Å². The molecule has 1 aliphatic rings. The lowest BCUT2D eigenvalue weighted by Crippen LogP contribution is -2.44. The van der Waals surface area contributed by atoms with Crippen LogP contribution in [0.3, 0.4) is 0 Å². The molecule has 32 heavy (non-hydrogen) atoms. The second-order valence-corrected chi connectivity index (χ2v) is 8.44. The van der Waals surface area contributed by atoms with E-state index in [1.807, 2.05) is 43.0 Å². The Balaban J connectivity index is 1.49. The molecule has 0 radical (unpaired) electrons. The van der Waals surface area contributed by atoms with Crippen LogP contribution < -0.4 is 10.6 Å². The van der Waals surface area contributed by atoms with Gasteiger partial charge in [0.25, 0.3) is 5.91 Å². The Bertz CT molecular complexity index is 877. The summed E-state index contributed by atoms with van der Waals surface area (Å²) >= 11 is 0. The molecule has 3 rings (SSSR count). The van der Waals surface area contributed by atoms with Crippen molar-refractivity contribution in [1.29, 1.82) is 0 Å². The number of carbonyl (C=O) groups excluding carboxylic acids is 1. The van der Waals surface area contributed by atoms with Crippen LogP contribution in [0, 0.1) is 0 Å². The maximum absolute atomic E-state index is 12.5. The molecule has 2 aromatic carbocycles. The molecule has 2 unspecified atom stereocenters. The summed E-state index contributed by atoms with van der Waals surface area (Å²) in [5.74, 6) is 0.898. The first-order valence-corrected chi connectivity index (χ1v) is 11.7. The van der Waals surface area contributed by atoms with Gasteiger partial charge in [0.15, 0.2) is 5.96 Å². The van der Waals surface area contributed by atoms with Crippen LogP contribution in [0.5, 0.6) is 0 Å². The zero-order valence-electron chi connectivity index (χ0n) is 19.8. The zero-order valence-corrected chi connectivity index (χ0v) is 19.8. The van der Waals surface area contributed by atoms with Gasteiger partial charge in [-0.15, -0.1) is 0 Å². The van der Waals surface area contributed by atoms with Crippen molar-refractivity contribution in [2.24, 2.45) is 4.99 Å². The van der Waals surface area contributed by atoms with Crippen molar-refractivity contribution < 1.29 is 4.79 Å². The highest BCUT2D eigenvalue weighted by Gasteiger charge is 2.29. The summed E-state index contributed by atoms with van der Waals surface area (Å²) in [5.41, 5.74) is 3.21. The number of aliphatic imine (C=N–C) groups is 1. The Morgan fingerprint density at radius 3 is 2.38 bits per heavy atom. The maximum atomic E-state index is 12.5. The number of likely N-dealkylation sites (tertiary alicyclic amines) is 1. The molecule has 1 aliphatic heterocycles. The van der Waals surface area contributed by atoms with Crippen LogP contribution in [0.2, 0.25) is 0 Å². The molecule has 6 nitrogen and oxygen atoms in total. The summed E-state index contributed by atoms with van der Waals surface area (Å²) < 4.78 is 0. The topological polar surface area (TPSA) is 60.0 Å². The molecular formula is C26H37N5O. The normalized spacial score (nSPS) is 19.1. The Hall–Kier alpha value is -2.86. The standard InChI is InChI=1S/C26H37N5O/c1-5-30(6-2)25(32)23-14-12-21(13-15-23)17-28-26(27-4)29-24-16-20(3)31(19-24)18-22-10-8-7-9-11-22/h7-15,20,24H,5-6,16-19H2,1-4H3,(H2,27,28,29). The predicted molar refractivity (Wildman–Crippen MR) is 132 cm³/mol. The molecule has 1 saturated heterocycles. The average Bonchev–Trinajstić information content (AvgIpc) is 3.16. The van der Waals surface area contributed by atoms with Crippen molar-refractivity contribution in [3.05, 3.63) is 71.3 Å². The van der Waals surface area contributed by atoms with Crippen LogP contribution >= 0.6 is 0 Å². The van der Waals surface area contributed by atoms with E-state index in [9.17, 15) is 4.79 Å². The minimum absolute atomic E-state index is 0.0856. The van der Waals surface area contributed by atoms with E-state index in [2.05, 4.69) is 57.8 Å². The van der Waals surface area contributed by atoms with Crippen molar-refractivity contribution in [2.75, 3.05) is 26.7 Å². The van der Waals surface area contributed by atoms with E-state index in [1.54, 1.807) is 7.05 Å². The second-order valence-electron chi connectivity index (χ2n) is 8.44. The maximum Gasteiger partial charge on any atom is 0.253 e. The monoisotopic (exact) mass is 435 g/mol. The van der Waals surface area contributed by atoms with Gasteiger partial charge in [0.1, 0.15) is 0 Å². The third kappa shape index (κ3) is 6.33. The molecule has 0 saturated carbocycles. The van der Waals surface area contributed by atoms with E-state index >= 15 is 0 Å². The second kappa shape index (κ2) is 11.7. The first kappa shape index (κ1) is 23.8. The van der Waals surface area contributed by atoms with Crippen molar-refractivity contribution in [3.8, 4) is 0 Å². The van der Waals surface area contributed by atoms with Crippen molar-refractivity contribution >= 4 is 11.9 Å². The number of guanidine groups is 1. The van der Waals surface area contributed by atoms with Crippen molar-refractivity contribution in [2.45, 2.75) is 52.4 Å². The van der Waals surface area contributed by atoms with E-state index in [0.29, 0.717) is 18.6 Å². The largest absolute Gasteiger partial charge is 0.352 e. The smallest absolute Gasteiger partial charge is 0.253 e. The number of nitrogens with zero attached hydrogens (tertiary/aromatic N) is 3. The molecule has 172 valence electrons. The van der Waals surface area contributed by atoms with E-state index in [1.165, 1.54) is 5.56 Å². The Labute approximate surface area is 192 Å². The molecule has 0 spiro atoms. The minimum Gasteiger partial charge on any atom is -0.352 e. The summed E-state index contributed by atoms with van der Waals surface area (Å²) in [6.07, 6.45) is 1.09. The lowest BCUT2D eigenvalue weighted by Gasteiger charge is -2.21. The van der Waals surface area contributed by atoms with Crippen LogP contribution in [-0.4, -0.2) is 60.4 Å². The predicted octanol–water partition coefficient (Wildman–Crippen LogP) is 3.50. The molecule has 2 atom stereocenters. The molecule has 0 bridgehead atoms.